The molecule has 8 nitrogen and oxygen atoms in total. The van der Waals surface area contributed by atoms with Crippen LogP contribution in [0.1, 0.15) is 6.92 Å². The van der Waals surface area contributed by atoms with E-state index in [1.807, 2.05) is 6.92 Å². The van der Waals surface area contributed by atoms with Gasteiger partial charge in [-0.15, -0.1) is 0 Å². The predicted molar refractivity (Wildman–Crippen MR) is 74.3 cm³/mol. The number of nitrogens with zero attached hydrogens (tertiary/aromatic N) is 5. The van der Waals surface area contributed by atoms with Gasteiger partial charge in [0.05, 0.1) is 19.5 Å². The average Bonchev–Trinajstić information content (AvgIpc) is 2.82. The summed E-state index contributed by atoms with van der Waals surface area (Å²) in [5.41, 5.74) is 0.585. The van der Waals surface area contributed by atoms with E-state index in [-0.39, 0.29) is 5.56 Å². The molecule has 0 bridgehead atoms. The number of nitrogens with one attached hydrogen (secondary N) is 1. The lowest BCUT2D eigenvalue weighted by Crippen LogP contribution is -2.39. The van der Waals surface area contributed by atoms with Crippen LogP contribution in [0.2, 0.25) is 0 Å². The van der Waals surface area contributed by atoms with Crippen LogP contribution in [-0.2, 0) is 11.8 Å². The average molecular weight is 276 g/mol. The highest BCUT2D eigenvalue weighted by Crippen LogP contribution is 2.10. The van der Waals surface area contributed by atoms with Crippen LogP contribution < -0.4 is 5.56 Å². The van der Waals surface area contributed by atoms with Gasteiger partial charge in [0, 0.05) is 20.1 Å². The van der Waals surface area contributed by atoms with Gasteiger partial charge in [-0.05, 0) is 6.92 Å². The number of H-pyrrole nitrogens is 1. The number of aromatic amines is 1. The number of aromatic nitrogens is 4. The second kappa shape index (κ2) is 5.04. The molecular weight excluding hydrogens is 260 g/mol. The van der Waals surface area contributed by atoms with Gasteiger partial charge in [0.2, 0.25) is 5.95 Å². The summed E-state index contributed by atoms with van der Waals surface area (Å²) in [5, 5.41) is 0. The summed E-state index contributed by atoms with van der Waals surface area (Å²) < 4.78 is 7.00. The summed E-state index contributed by atoms with van der Waals surface area (Å²) in [5.74, 6) is 1.12. The molecular formula is C12H16N6O2. The topological polar surface area (TPSA) is 88.4 Å². The van der Waals surface area contributed by atoms with Crippen molar-refractivity contribution in [1.29, 1.82) is 0 Å². The Morgan fingerprint density at radius 2 is 2.20 bits per heavy atom. The largest absolute Gasteiger partial charge is 0.378 e. The zero-order valence-corrected chi connectivity index (χ0v) is 11.5. The second-order valence-electron chi connectivity index (χ2n) is 4.68. The molecule has 1 aliphatic heterocycles. The lowest BCUT2D eigenvalue weighted by atomic mass is 10.4. The number of fused-ring (bicyclic) bond motifs is 1. The maximum Gasteiger partial charge on any atom is 0.280 e. The van der Waals surface area contributed by atoms with Crippen molar-refractivity contribution in [3.05, 3.63) is 16.7 Å². The van der Waals surface area contributed by atoms with E-state index >= 15 is 0 Å². The number of aliphatic imine (C=N–C) groups is 1. The molecule has 8 heteroatoms. The first kappa shape index (κ1) is 12.8. The van der Waals surface area contributed by atoms with Crippen LogP contribution in [-0.4, -0.2) is 56.6 Å². The van der Waals surface area contributed by atoms with Crippen molar-refractivity contribution < 1.29 is 4.74 Å². The van der Waals surface area contributed by atoms with E-state index in [4.69, 9.17) is 4.74 Å². The van der Waals surface area contributed by atoms with Gasteiger partial charge >= 0.3 is 0 Å². The van der Waals surface area contributed by atoms with Crippen molar-refractivity contribution in [3.8, 4) is 0 Å². The molecule has 0 aliphatic carbocycles. The molecule has 1 aliphatic rings. The molecule has 0 amide bonds. The Bertz CT molecular complexity index is 710. The van der Waals surface area contributed by atoms with E-state index in [0.717, 1.165) is 18.9 Å². The lowest BCUT2D eigenvalue weighted by Gasteiger charge is -2.28. The van der Waals surface area contributed by atoms with Gasteiger partial charge < -0.3 is 14.2 Å². The zero-order chi connectivity index (χ0) is 14.1. The molecule has 0 atom stereocenters. The lowest BCUT2D eigenvalue weighted by molar-refractivity contribution is 0.0678. The first-order chi connectivity index (χ1) is 9.65. The minimum Gasteiger partial charge on any atom is -0.378 e. The number of hydrogen-bond acceptors (Lipinski definition) is 5. The Morgan fingerprint density at radius 3 is 2.95 bits per heavy atom. The fraction of sp³-hybridized carbons (Fsp3) is 0.500. The molecule has 1 saturated heterocycles. The van der Waals surface area contributed by atoms with Crippen LogP contribution in [0.3, 0.4) is 0 Å². The third kappa shape index (κ3) is 2.29. The number of amidine groups is 1. The Morgan fingerprint density at radius 1 is 1.45 bits per heavy atom. The maximum absolute atomic E-state index is 11.9. The summed E-state index contributed by atoms with van der Waals surface area (Å²) in [7, 11) is 1.80. The predicted octanol–water partition coefficient (Wildman–Crippen LogP) is 0.0387. The normalized spacial score (nSPS) is 16.9. The van der Waals surface area contributed by atoms with Crippen LogP contribution >= 0.6 is 0 Å². The molecule has 3 rings (SSSR count). The molecule has 20 heavy (non-hydrogen) atoms. The van der Waals surface area contributed by atoms with Crippen molar-refractivity contribution >= 4 is 22.9 Å². The number of hydrogen-bond donors (Lipinski definition) is 1. The SMILES string of the molecule is C/C(=N\c1nc2c(ncn2C)c(=O)[nH]1)N1CCOCC1. The van der Waals surface area contributed by atoms with Gasteiger partial charge in [-0.25, -0.2) is 9.98 Å². The Kier molecular flexibility index (Phi) is 3.23. The van der Waals surface area contributed by atoms with Crippen LogP contribution in [0.4, 0.5) is 5.95 Å². The van der Waals surface area contributed by atoms with E-state index < -0.39 is 0 Å². The van der Waals surface area contributed by atoms with Gasteiger partial charge in [-0.3, -0.25) is 9.78 Å². The Balaban J connectivity index is 1.97. The summed E-state index contributed by atoms with van der Waals surface area (Å²) in [6.07, 6.45) is 1.56. The van der Waals surface area contributed by atoms with Crippen molar-refractivity contribution in [2.75, 3.05) is 26.3 Å². The van der Waals surface area contributed by atoms with E-state index in [1.54, 1.807) is 17.9 Å². The number of ether oxygens (including phenoxy) is 1. The van der Waals surface area contributed by atoms with Gasteiger partial charge in [-0.1, -0.05) is 0 Å². The molecule has 2 aromatic rings. The van der Waals surface area contributed by atoms with Gasteiger partial charge in [0.15, 0.2) is 11.2 Å². The van der Waals surface area contributed by atoms with Crippen LogP contribution in [0.25, 0.3) is 11.2 Å². The summed E-state index contributed by atoms with van der Waals surface area (Å²) in [6.45, 7) is 4.88. The van der Waals surface area contributed by atoms with Crippen LogP contribution in [0.5, 0.6) is 0 Å². The molecule has 2 aromatic heterocycles. The fourth-order valence-electron chi connectivity index (χ4n) is 2.17. The minimum atomic E-state index is -0.274. The van der Waals surface area contributed by atoms with E-state index in [2.05, 4.69) is 24.8 Å². The first-order valence-electron chi connectivity index (χ1n) is 6.44. The van der Waals surface area contributed by atoms with E-state index in [0.29, 0.717) is 30.3 Å². The van der Waals surface area contributed by atoms with Crippen molar-refractivity contribution in [3.63, 3.8) is 0 Å². The number of rotatable bonds is 1. The van der Waals surface area contributed by atoms with Crippen LogP contribution in [0.15, 0.2) is 16.1 Å². The molecule has 0 unspecified atom stereocenters. The third-order valence-electron chi connectivity index (χ3n) is 3.29. The first-order valence-corrected chi connectivity index (χ1v) is 6.44. The number of aryl methyl sites for hydroxylation is 1. The highest BCUT2D eigenvalue weighted by atomic mass is 16.5. The van der Waals surface area contributed by atoms with Crippen molar-refractivity contribution in [2.24, 2.45) is 12.0 Å². The summed E-state index contributed by atoms with van der Waals surface area (Å²) >= 11 is 0. The standard InChI is InChI=1S/C12H16N6O2/c1-8(18-3-5-20-6-4-18)14-12-15-10-9(11(19)16-12)13-7-17(10)2/h7H,3-6H2,1-2H3,(H,15,16,19)/b14-8+. The molecule has 3 heterocycles. The fourth-order valence-corrected chi connectivity index (χ4v) is 2.17. The van der Waals surface area contributed by atoms with E-state index in [9.17, 15) is 4.79 Å². The maximum atomic E-state index is 11.9. The van der Waals surface area contributed by atoms with Gasteiger partial charge in [0.25, 0.3) is 5.56 Å². The van der Waals surface area contributed by atoms with Gasteiger partial charge in [-0.2, -0.15) is 4.98 Å². The van der Waals surface area contributed by atoms with Crippen molar-refractivity contribution in [2.45, 2.75) is 6.92 Å². The molecule has 0 saturated carbocycles. The smallest absolute Gasteiger partial charge is 0.280 e. The molecule has 0 aromatic carbocycles. The second-order valence-corrected chi connectivity index (χ2v) is 4.68. The van der Waals surface area contributed by atoms with Crippen molar-refractivity contribution in [1.82, 2.24) is 24.4 Å². The summed E-state index contributed by atoms with van der Waals surface area (Å²) in [4.78, 5) is 29.4. The monoisotopic (exact) mass is 276 g/mol. The number of morpholine rings is 1. The molecule has 106 valence electrons. The third-order valence-corrected chi connectivity index (χ3v) is 3.29. The zero-order valence-electron chi connectivity index (χ0n) is 11.5. The highest BCUT2D eigenvalue weighted by molar-refractivity contribution is 5.82. The Hall–Kier alpha value is -2.22. The quantitative estimate of drug-likeness (QED) is 0.587. The highest BCUT2D eigenvalue weighted by Gasteiger charge is 2.13. The Labute approximate surface area is 115 Å². The molecule has 1 fully saturated rings. The number of imidazole rings is 1. The summed E-state index contributed by atoms with van der Waals surface area (Å²) in [6, 6.07) is 0. The van der Waals surface area contributed by atoms with Gasteiger partial charge in [0.1, 0.15) is 5.84 Å². The molecule has 0 spiro atoms. The van der Waals surface area contributed by atoms with Crippen LogP contribution in [0, 0.1) is 0 Å². The molecule has 0 radical (unpaired) electrons. The minimum absolute atomic E-state index is 0.274. The van der Waals surface area contributed by atoms with E-state index in [1.165, 1.54) is 0 Å². The molecule has 1 N–H and O–H groups in total.